The highest BCUT2D eigenvalue weighted by molar-refractivity contribution is 9.11. The van der Waals surface area contributed by atoms with Gasteiger partial charge in [0.15, 0.2) is 5.11 Å². The monoisotopic (exact) mass is 501 g/mol. The molecule has 0 radical (unpaired) electrons. The molecule has 0 amide bonds. The topological polar surface area (TPSA) is 37.0 Å². The highest BCUT2D eigenvalue weighted by atomic mass is 79.9. The molecule has 0 saturated heterocycles. The predicted molar refractivity (Wildman–Crippen MR) is 115 cm³/mol. The van der Waals surface area contributed by atoms with Crippen LogP contribution < -0.4 is 10.6 Å². The maximum absolute atomic E-state index is 6.05. The summed E-state index contributed by atoms with van der Waals surface area (Å²) in [4.78, 5) is 4.34. The van der Waals surface area contributed by atoms with Gasteiger partial charge in [-0.05, 0) is 80.7 Å². The summed E-state index contributed by atoms with van der Waals surface area (Å²) in [6.07, 6.45) is 6.53. The van der Waals surface area contributed by atoms with Crippen molar-refractivity contribution in [3.63, 3.8) is 0 Å². The number of thiocarbonyl (C=S) groups is 1. The van der Waals surface area contributed by atoms with Crippen molar-refractivity contribution in [1.82, 2.24) is 10.3 Å². The standard InChI is InChI=1S/C18H18Br2ClN3S/c19-13-9-15(20)16(22-10-13)24-17(25)23-11-18(7-1-2-8-18)12-3-5-14(21)6-4-12/h3-6,9-10H,1-2,7-8,11H2,(H2,22,23,24,25). The zero-order valence-electron chi connectivity index (χ0n) is 13.5. The van der Waals surface area contributed by atoms with Crippen LogP contribution in [0.1, 0.15) is 31.2 Å². The second-order valence-corrected chi connectivity index (χ2v) is 8.90. The Labute approximate surface area is 175 Å². The normalized spacial score (nSPS) is 15.8. The van der Waals surface area contributed by atoms with Gasteiger partial charge in [-0.3, -0.25) is 0 Å². The number of hydrogen-bond donors (Lipinski definition) is 2. The SMILES string of the molecule is S=C(NCC1(c2ccc(Cl)cc2)CCCC1)Nc1ncc(Br)cc1Br. The highest BCUT2D eigenvalue weighted by Gasteiger charge is 2.35. The zero-order valence-corrected chi connectivity index (χ0v) is 18.2. The van der Waals surface area contributed by atoms with Crippen molar-refractivity contribution in [2.24, 2.45) is 0 Å². The van der Waals surface area contributed by atoms with Gasteiger partial charge >= 0.3 is 0 Å². The molecule has 0 atom stereocenters. The van der Waals surface area contributed by atoms with E-state index in [4.69, 9.17) is 23.8 Å². The summed E-state index contributed by atoms with van der Waals surface area (Å²) in [5.74, 6) is 0.702. The Morgan fingerprint density at radius 3 is 2.52 bits per heavy atom. The van der Waals surface area contributed by atoms with Crippen LogP contribution >= 0.6 is 55.7 Å². The van der Waals surface area contributed by atoms with Crippen LogP contribution in [-0.4, -0.2) is 16.6 Å². The third kappa shape index (κ3) is 4.73. The molecule has 0 bridgehead atoms. The first-order valence-electron chi connectivity index (χ1n) is 8.10. The number of aromatic nitrogens is 1. The Morgan fingerprint density at radius 1 is 1.20 bits per heavy atom. The molecule has 132 valence electrons. The summed E-state index contributed by atoms with van der Waals surface area (Å²) >= 11 is 18.4. The lowest BCUT2D eigenvalue weighted by molar-refractivity contribution is 0.435. The van der Waals surface area contributed by atoms with Crippen molar-refractivity contribution in [1.29, 1.82) is 0 Å². The summed E-state index contributed by atoms with van der Waals surface area (Å²) in [5, 5.41) is 7.89. The molecule has 0 spiro atoms. The first-order chi connectivity index (χ1) is 12.0. The molecule has 2 aromatic rings. The van der Waals surface area contributed by atoms with Crippen molar-refractivity contribution in [3.05, 3.63) is 56.1 Å². The molecule has 25 heavy (non-hydrogen) atoms. The fourth-order valence-electron chi connectivity index (χ4n) is 3.33. The second-order valence-electron chi connectivity index (χ2n) is 6.29. The third-order valence-electron chi connectivity index (χ3n) is 4.64. The number of nitrogens with one attached hydrogen (secondary N) is 2. The number of pyridine rings is 1. The van der Waals surface area contributed by atoms with Gasteiger partial charge in [-0.2, -0.15) is 0 Å². The van der Waals surface area contributed by atoms with Crippen LogP contribution in [0.15, 0.2) is 45.5 Å². The van der Waals surface area contributed by atoms with E-state index in [-0.39, 0.29) is 5.41 Å². The van der Waals surface area contributed by atoms with E-state index in [1.54, 1.807) is 6.20 Å². The highest BCUT2D eigenvalue weighted by Crippen LogP contribution is 2.41. The van der Waals surface area contributed by atoms with Gasteiger partial charge in [0, 0.05) is 27.7 Å². The third-order valence-corrected chi connectivity index (χ3v) is 6.18. The van der Waals surface area contributed by atoms with Crippen molar-refractivity contribution < 1.29 is 0 Å². The van der Waals surface area contributed by atoms with Crippen LogP contribution in [0.25, 0.3) is 0 Å². The number of rotatable bonds is 4. The van der Waals surface area contributed by atoms with Crippen LogP contribution in [0, 0.1) is 0 Å². The maximum Gasteiger partial charge on any atom is 0.172 e. The van der Waals surface area contributed by atoms with E-state index in [0.29, 0.717) is 10.9 Å². The van der Waals surface area contributed by atoms with E-state index in [1.807, 2.05) is 18.2 Å². The molecule has 1 aromatic carbocycles. The molecule has 3 nitrogen and oxygen atoms in total. The molecule has 1 aliphatic carbocycles. The molecular formula is C18H18Br2ClN3S. The number of anilines is 1. The Morgan fingerprint density at radius 2 is 1.88 bits per heavy atom. The largest absolute Gasteiger partial charge is 0.362 e. The van der Waals surface area contributed by atoms with Gasteiger partial charge in [-0.25, -0.2) is 4.98 Å². The fourth-order valence-corrected chi connectivity index (χ4v) is 4.71. The van der Waals surface area contributed by atoms with Gasteiger partial charge in [0.25, 0.3) is 0 Å². The molecule has 0 aliphatic heterocycles. The quantitative estimate of drug-likeness (QED) is 0.498. The Hall–Kier alpha value is -0.690. The van der Waals surface area contributed by atoms with E-state index in [1.165, 1.54) is 18.4 Å². The van der Waals surface area contributed by atoms with Crippen LogP contribution in [-0.2, 0) is 5.41 Å². The summed E-state index contributed by atoms with van der Waals surface area (Å²) in [6.45, 7) is 0.800. The Bertz CT molecular complexity index is 761. The van der Waals surface area contributed by atoms with Crippen molar-refractivity contribution in [2.75, 3.05) is 11.9 Å². The van der Waals surface area contributed by atoms with Crippen LogP contribution in [0.4, 0.5) is 5.82 Å². The average Bonchev–Trinajstić information content (AvgIpc) is 3.06. The molecule has 0 unspecified atom stereocenters. The molecule has 3 rings (SSSR count). The van der Waals surface area contributed by atoms with E-state index >= 15 is 0 Å². The first-order valence-corrected chi connectivity index (χ1v) is 10.5. The van der Waals surface area contributed by atoms with Crippen molar-refractivity contribution >= 4 is 66.6 Å². The lowest BCUT2D eigenvalue weighted by atomic mass is 9.79. The van der Waals surface area contributed by atoms with Gasteiger partial charge in [0.1, 0.15) is 5.82 Å². The van der Waals surface area contributed by atoms with Gasteiger partial charge in [-0.1, -0.05) is 36.6 Å². The van der Waals surface area contributed by atoms with Crippen molar-refractivity contribution in [2.45, 2.75) is 31.1 Å². The number of benzene rings is 1. The fraction of sp³-hybridized carbons (Fsp3) is 0.333. The second kappa shape index (κ2) is 8.33. The minimum absolute atomic E-state index is 0.112. The van der Waals surface area contributed by atoms with Crippen LogP contribution in [0.5, 0.6) is 0 Å². The van der Waals surface area contributed by atoms with Gasteiger partial charge in [-0.15, -0.1) is 0 Å². The molecule has 1 fully saturated rings. The Balaban J connectivity index is 1.67. The van der Waals surface area contributed by atoms with Gasteiger partial charge in [0.05, 0.1) is 4.47 Å². The number of nitrogens with zero attached hydrogens (tertiary/aromatic N) is 1. The van der Waals surface area contributed by atoms with E-state index in [2.05, 4.69) is 59.6 Å². The summed E-state index contributed by atoms with van der Waals surface area (Å²) < 4.78 is 1.77. The van der Waals surface area contributed by atoms with Crippen LogP contribution in [0.3, 0.4) is 0 Å². The number of hydrogen-bond acceptors (Lipinski definition) is 2. The lowest BCUT2D eigenvalue weighted by Gasteiger charge is -2.30. The van der Waals surface area contributed by atoms with Crippen molar-refractivity contribution in [3.8, 4) is 0 Å². The molecule has 1 aromatic heterocycles. The molecule has 1 aliphatic rings. The number of halogens is 3. The summed E-state index contributed by atoms with van der Waals surface area (Å²) in [5.41, 5.74) is 1.44. The molecular weight excluding hydrogens is 486 g/mol. The Kier molecular flexibility index (Phi) is 6.36. The van der Waals surface area contributed by atoms with E-state index < -0.39 is 0 Å². The summed E-state index contributed by atoms with van der Waals surface area (Å²) in [7, 11) is 0. The lowest BCUT2D eigenvalue weighted by Crippen LogP contribution is -2.40. The molecule has 1 saturated carbocycles. The summed E-state index contributed by atoms with van der Waals surface area (Å²) in [6, 6.07) is 10.1. The first kappa shape index (κ1) is 19.1. The average molecular weight is 504 g/mol. The predicted octanol–water partition coefficient (Wildman–Crippen LogP) is 6.06. The zero-order chi connectivity index (χ0) is 17.9. The maximum atomic E-state index is 6.05. The van der Waals surface area contributed by atoms with Gasteiger partial charge in [0.2, 0.25) is 0 Å². The van der Waals surface area contributed by atoms with Crippen LogP contribution in [0.2, 0.25) is 5.02 Å². The van der Waals surface area contributed by atoms with E-state index in [9.17, 15) is 0 Å². The smallest absolute Gasteiger partial charge is 0.172 e. The molecule has 1 heterocycles. The van der Waals surface area contributed by atoms with Gasteiger partial charge < -0.3 is 10.6 Å². The minimum atomic E-state index is 0.112. The minimum Gasteiger partial charge on any atom is -0.362 e. The molecule has 7 heteroatoms. The molecule has 2 N–H and O–H groups in total. The van der Waals surface area contributed by atoms with E-state index in [0.717, 1.165) is 33.4 Å².